The van der Waals surface area contributed by atoms with Crippen molar-refractivity contribution in [1.82, 2.24) is 14.5 Å². The van der Waals surface area contributed by atoms with Crippen LogP contribution in [0.2, 0.25) is 0 Å². The number of hydrogen-bond acceptors (Lipinski definition) is 4. The van der Waals surface area contributed by atoms with E-state index < -0.39 is 34.5 Å². The molecule has 1 atom stereocenters. The van der Waals surface area contributed by atoms with Crippen LogP contribution < -0.4 is 9.62 Å². The normalized spacial score (nSPS) is 12.5. The molecule has 2 rings (SSSR count). The maximum atomic E-state index is 13.6. The van der Waals surface area contributed by atoms with E-state index in [9.17, 15) is 22.4 Å². The Kier molecular flexibility index (Phi) is 10.2. The Morgan fingerprint density at radius 1 is 1.06 bits per heavy atom. The third kappa shape index (κ3) is 8.01. The highest BCUT2D eigenvalue weighted by Crippen LogP contribution is 2.22. The van der Waals surface area contributed by atoms with Crippen LogP contribution in [0.4, 0.5) is 10.1 Å². The van der Waals surface area contributed by atoms with Crippen molar-refractivity contribution < 1.29 is 22.4 Å². The minimum Gasteiger partial charge on any atom is -0.354 e. The molecule has 0 saturated heterocycles. The van der Waals surface area contributed by atoms with Gasteiger partial charge in [0.15, 0.2) is 0 Å². The molecule has 0 saturated carbocycles. The number of amides is 2. The molecule has 0 aromatic heterocycles. The second kappa shape index (κ2) is 12.5. The van der Waals surface area contributed by atoms with E-state index in [1.54, 1.807) is 6.92 Å². The number of rotatable bonds is 11. The summed E-state index contributed by atoms with van der Waals surface area (Å²) in [6, 6.07) is 11.3. The van der Waals surface area contributed by atoms with E-state index in [0.717, 1.165) is 30.8 Å². The number of halogens is 2. The van der Waals surface area contributed by atoms with Crippen molar-refractivity contribution in [3.63, 3.8) is 0 Å². The molecular weight excluding hydrogens is 539 g/mol. The van der Waals surface area contributed by atoms with Crippen LogP contribution in [0, 0.1) is 11.7 Å². The van der Waals surface area contributed by atoms with Crippen molar-refractivity contribution in [3.8, 4) is 0 Å². The van der Waals surface area contributed by atoms with Gasteiger partial charge in [0.05, 0.1) is 5.69 Å². The Bertz CT molecular complexity index is 1130. The lowest BCUT2D eigenvalue weighted by Crippen LogP contribution is -2.52. The number of carbonyl (C=O) groups is 2. The van der Waals surface area contributed by atoms with Gasteiger partial charge in [-0.25, -0.2) is 8.70 Å². The molecule has 2 amide bonds. The Morgan fingerprint density at radius 3 is 2.23 bits per heavy atom. The standard InChI is InChI=1S/C24H32BrFN4O4S/c1-17(2)14-27-24(32)18(3)29(15-19-7-6-8-20(25)13-19)23(31)16-30(35(33,34)28(4)5)22-11-9-21(26)10-12-22/h6-13,17-18H,14-16H2,1-5H3,(H,27,32)/t18-/m1/s1. The largest absolute Gasteiger partial charge is 0.354 e. The summed E-state index contributed by atoms with van der Waals surface area (Å²) in [5.41, 5.74) is 0.896. The molecule has 192 valence electrons. The van der Waals surface area contributed by atoms with Crippen molar-refractivity contribution in [2.24, 2.45) is 5.92 Å². The molecule has 8 nitrogen and oxygen atoms in total. The number of nitrogens with one attached hydrogen (secondary N) is 1. The minimum absolute atomic E-state index is 0.0911. The predicted octanol–water partition coefficient (Wildman–Crippen LogP) is 3.39. The summed E-state index contributed by atoms with van der Waals surface area (Å²) in [7, 11) is -1.40. The molecule has 35 heavy (non-hydrogen) atoms. The van der Waals surface area contributed by atoms with Gasteiger partial charge >= 0.3 is 10.2 Å². The molecule has 0 aliphatic heterocycles. The SMILES string of the molecule is CC(C)CNC(=O)[C@@H](C)N(Cc1cccc(Br)c1)C(=O)CN(c1ccc(F)cc1)S(=O)(=O)N(C)C. The Labute approximate surface area is 215 Å². The van der Waals surface area contributed by atoms with Crippen LogP contribution in [0.5, 0.6) is 0 Å². The van der Waals surface area contributed by atoms with E-state index in [1.807, 2.05) is 38.1 Å². The van der Waals surface area contributed by atoms with E-state index >= 15 is 0 Å². The lowest BCUT2D eigenvalue weighted by atomic mass is 10.1. The van der Waals surface area contributed by atoms with Gasteiger partial charge in [0.25, 0.3) is 0 Å². The van der Waals surface area contributed by atoms with E-state index in [-0.39, 0.29) is 24.1 Å². The van der Waals surface area contributed by atoms with Crippen LogP contribution in [0.3, 0.4) is 0 Å². The maximum Gasteiger partial charge on any atom is 0.304 e. The lowest BCUT2D eigenvalue weighted by molar-refractivity contribution is -0.139. The van der Waals surface area contributed by atoms with Crippen LogP contribution in [0.1, 0.15) is 26.3 Å². The van der Waals surface area contributed by atoms with E-state index in [2.05, 4.69) is 21.2 Å². The molecule has 0 fully saturated rings. The van der Waals surface area contributed by atoms with Crippen LogP contribution in [-0.4, -0.2) is 62.7 Å². The van der Waals surface area contributed by atoms with E-state index in [4.69, 9.17) is 0 Å². The highest BCUT2D eigenvalue weighted by atomic mass is 79.9. The maximum absolute atomic E-state index is 13.6. The number of carbonyl (C=O) groups excluding carboxylic acids is 2. The average Bonchev–Trinajstić information content (AvgIpc) is 2.79. The first-order valence-corrected chi connectivity index (χ1v) is 13.3. The number of benzene rings is 2. The summed E-state index contributed by atoms with van der Waals surface area (Å²) in [5.74, 6) is -1.23. The molecule has 0 heterocycles. The first-order valence-electron chi connectivity index (χ1n) is 11.1. The topological polar surface area (TPSA) is 90.0 Å². The molecule has 0 radical (unpaired) electrons. The number of anilines is 1. The molecule has 2 aromatic carbocycles. The smallest absolute Gasteiger partial charge is 0.304 e. The van der Waals surface area contributed by atoms with Crippen molar-refractivity contribution >= 4 is 43.6 Å². The fourth-order valence-electron chi connectivity index (χ4n) is 3.19. The molecule has 0 spiro atoms. The third-order valence-corrected chi connectivity index (χ3v) is 7.54. The zero-order chi connectivity index (χ0) is 26.3. The molecule has 0 aliphatic carbocycles. The van der Waals surface area contributed by atoms with Crippen LogP contribution in [0.25, 0.3) is 0 Å². The van der Waals surface area contributed by atoms with Gasteiger partial charge in [0.1, 0.15) is 18.4 Å². The van der Waals surface area contributed by atoms with Gasteiger partial charge in [-0.3, -0.25) is 9.59 Å². The van der Waals surface area contributed by atoms with Gasteiger partial charge in [-0.05, 0) is 54.8 Å². The van der Waals surface area contributed by atoms with Crippen molar-refractivity contribution in [2.45, 2.75) is 33.4 Å². The van der Waals surface area contributed by atoms with Gasteiger partial charge < -0.3 is 10.2 Å². The molecular formula is C24H32BrFN4O4S. The van der Waals surface area contributed by atoms with Crippen LogP contribution in [-0.2, 0) is 26.3 Å². The zero-order valence-corrected chi connectivity index (χ0v) is 22.9. The van der Waals surface area contributed by atoms with Crippen molar-refractivity contribution in [2.75, 3.05) is 31.5 Å². The van der Waals surface area contributed by atoms with E-state index in [1.165, 1.54) is 31.1 Å². The average molecular weight is 572 g/mol. The number of nitrogens with zero attached hydrogens (tertiary/aromatic N) is 3. The molecule has 0 aliphatic rings. The number of hydrogen-bond donors (Lipinski definition) is 1. The van der Waals surface area contributed by atoms with Crippen molar-refractivity contribution in [3.05, 3.63) is 64.4 Å². The summed E-state index contributed by atoms with van der Waals surface area (Å²) in [5, 5.41) is 2.83. The summed E-state index contributed by atoms with van der Waals surface area (Å²) >= 11 is 3.41. The summed E-state index contributed by atoms with van der Waals surface area (Å²) < 4.78 is 42.3. The Hall–Kier alpha value is -2.50. The Balaban J connectivity index is 2.42. The predicted molar refractivity (Wildman–Crippen MR) is 138 cm³/mol. The zero-order valence-electron chi connectivity index (χ0n) is 20.5. The van der Waals surface area contributed by atoms with Gasteiger partial charge in [0.2, 0.25) is 11.8 Å². The molecule has 0 bridgehead atoms. The van der Waals surface area contributed by atoms with Gasteiger partial charge in [0, 0.05) is 31.7 Å². The van der Waals surface area contributed by atoms with Crippen molar-refractivity contribution in [1.29, 1.82) is 0 Å². The monoisotopic (exact) mass is 570 g/mol. The Morgan fingerprint density at radius 2 is 1.69 bits per heavy atom. The summed E-state index contributed by atoms with van der Waals surface area (Å²) in [6.45, 7) is 5.49. The fraction of sp³-hybridized carbons (Fsp3) is 0.417. The highest BCUT2D eigenvalue weighted by Gasteiger charge is 2.32. The first kappa shape index (κ1) is 28.7. The highest BCUT2D eigenvalue weighted by molar-refractivity contribution is 9.10. The first-order chi connectivity index (χ1) is 16.3. The van der Waals surface area contributed by atoms with Crippen LogP contribution >= 0.6 is 15.9 Å². The third-order valence-electron chi connectivity index (χ3n) is 5.23. The summed E-state index contributed by atoms with van der Waals surface area (Å²) in [4.78, 5) is 27.8. The molecule has 11 heteroatoms. The second-order valence-electron chi connectivity index (χ2n) is 8.74. The molecule has 0 unspecified atom stereocenters. The molecule has 2 aromatic rings. The molecule has 1 N–H and O–H groups in total. The van der Waals surface area contributed by atoms with Gasteiger partial charge in [-0.1, -0.05) is 41.9 Å². The van der Waals surface area contributed by atoms with E-state index in [0.29, 0.717) is 6.54 Å². The van der Waals surface area contributed by atoms with Crippen LogP contribution in [0.15, 0.2) is 53.0 Å². The lowest BCUT2D eigenvalue weighted by Gasteiger charge is -2.33. The second-order valence-corrected chi connectivity index (χ2v) is 11.7. The summed E-state index contributed by atoms with van der Waals surface area (Å²) in [6.07, 6.45) is 0. The minimum atomic E-state index is -4.09. The fourth-order valence-corrected chi connectivity index (χ4v) is 4.69. The van der Waals surface area contributed by atoms with Gasteiger partial charge in [-0.2, -0.15) is 12.7 Å². The van der Waals surface area contributed by atoms with Gasteiger partial charge in [-0.15, -0.1) is 0 Å². The quantitative estimate of drug-likeness (QED) is 0.448.